The predicted octanol–water partition coefficient (Wildman–Crippen LogP) is 5.70. The third-order valence-electron chi connectivity index (χ3n) is 4.58. The maximum absolute atomic E-state index is 12.2. The molecular formula is C20H16Br2N2O. The SMILES string of the molecule is O=C1NC2=C(CC/C2=C\c2ccc(Br)cc2)C(c2ccc(Br)cc2)N1. The van der Waals surface area contributed by atoms with Gasteiger partial charge in [0.1, 0.15) is 0 Å². The first-order chi connectivity index (χ1) is 12.1. The van der Waals surface area contributed by atoms with E-state index in [1.165, 1.54) is 11.1 Å². The first-order valence-corrected chi connectivity index (χ1v) is 9.71. The zero-order valence-electron chi connectivity index (χ0n) is 13.4. The summed E-state index contributed by atoms with van der Waals surface area (Å²) in [6.07, 6.45) is 4.06. The minimum absolute atomic E-state index is 0.0623. The minimum atomic E-state index is -0.143. The van der Waals surface area contributed by atoms with Crippen LogP contribution in [0, 0.1) is 0 Å². The number of carbonyl (C=O) groups is 1. The molecule has 0 saturated heterocycles. The Labute approximate surface area is 163 Å². The second-order valence-corrected chi connectivity index (χ2v) is 8.04. The van der Waals surface area contributed by atoms with Crippen LogP contribution in [0.3, 0.4) is 0 Å². The van der Waals surface area contributed by atoms with Crippen LogP contribution in [0.4, 0.5) is 4.79 Å². The Morgan fingerprint density at radius 2 is 1.56 bits per heavy atom. The van der Waals surface area contributed by atoms with Gasteiger partial charge in [0.2, 0.25) is 0 Å². The average molecular weight is 460 g/mol. The van der Waals surface area contributed by atoms with Crippen LogP contribution < -0.4 is 10.6 Å². The molecule has 1 heterocycles. The van der Waals surface area contributed by atoms with Gasteiger partial charge < -0.3 is 10.6 Å². The molecule has 2 amide bonds. The summed E-state index contributed by atoms with van der Waals surface area (Å²) in [5.74, 6) is 0. The summed E-state index contributed by atoms with van der Waals surface area (Å²) in [6.45, 7) is 0. The molecule has 0 aromatic heterocycles. The third kappa shape index (κ3) is 3.44. The van der Waals surface area contributed by atoms with E-state index in [-0.39, 0.29) is 12.1 Å². The van der Waals surface area contributed by atoms with Crippen molar-refractivity contribution in [2.75, 3.05) is 0 Å². The Morgan fingerprint density at radius 3 is 2.24 bits per heavy atom. The lowest BCUT2D eigenvalue weighted by atomic mass is 9.96. The van der Waals surface area contributed by atoms with Crippen LogP contribution in [0.2, 0.25) is 0 Å². The van der Waals surface area contributed by atoms with Crippen LogP contribution in [-0.2, 0) is 0 Å². The number of urea groups is 1. The lowest BCUT2D eigenvalue weighted by Crippen LogP contribution is -2.43. The van der Waals surface area contributed by atoms with Gasteiger partial charge in [0.05, 0.1) is 6.04 Å². The molecule has 4 rings (SSSR count). The molecule has 0 radical (unpaired) electrons. The van der Waals surface area contributed by atoms with Gasteiger partial charge in [0.15, 0.2) is 0 Å². The molecule has 1 aliphatic carbocycles. The smallest absolute Gasteiger partial charge is 0.319 e. The summed E-state index contributed by atoms with van der Waals surface area (Å²) < 4.78 is 2.10. The van der Waals surface area contributed by atoms with Gasteiger partial charge in [-0.05, 0) is 65.5 Å². The highest BCUT2D eigenvalue weighted by Crippen LogP contribution is 2.40. The van der Waals surface area contributed by atoms with Crippen molar-refractivity contribution < 1.29 is 4.79 Å². The average Bonchev–Trinajstić information content (AvgIpc) is 3.00. The van der Waals surface area contributed by atoms with E-state index in [1.807, 2.05) is 24.3 Å². The fourth-order valence-electron chi connectivity index (χ4n) is 3.39. The molecule has 2 aliphatic rings. The topological polar surface area (TPSA) is 41.1 Å². The van der Waals surface area contributed by atoms with Crippen molar-refractivity contribution in [3.8, 4) is 0 Å². The molecule has 2 aromatic carbocycles. The summed E-state index contributed by atoms with van der Waals surface area (Å²) in [5.41, 5.74) is 5.68. The van der Waals surface area contributed by atoms with Crippen molar-refractivity contribution in [2.24, 2.45) is 0 Å². The number of nitrogens with one attached hydrogen (secondary N) is 2. The van der Waals surface area contributed by atoms with Gasteiger partial charge in [-0.15, -0.1) is 0 Å². The molecule has 0 spiro atoms. The van der Waals surface area contributed by atoms with Crippen LogP contribution in [0.5, 0.6) is 0 Å². The molecule has 25 heavy (non-hydrogen) atoms. The Kier molecular flexibility index (Phi) is 4.52. The van der Waals surface area contributed by atoms with E-state index in [9.17, 15) is 4.79 Å². The van der Waals surface area contributed by atoms with Crippen LogP contribution in [0.1, 0.15) is 30.0 Å². The van der Waals surface area contributed by atoms with Crippen molar-refractivity contribution in [1.29, 1.82) is 0 Å². The van der Waals surface area contributed by atoms with E-state index in [0.717, 1.165) is 38.6 Å². The quantitative estimate of drug-likeness (QED) is 0.594. The van der Waals surface area contributed by atoms with E-state index in [1.54, 1.807) is 0 Å². The number of hydrogen-bond acceptors (Lipinski definition) is 1. The second kappa shape index (κ2) is 6.81. The Hall–Kier alpha value is -1.85. The van der Waals surface area contributed by atoms with Gasteiger partial charge >= 0.3 is 6.03 Å². The molecule has 2 aromatic rings. The van der Waals surface area contributed by atoms with Crippen LogP contribution in [0.15, 0.2) is 74.3 Å². The molecule has 126 valence electrons. The number of allylic oxidation sites excluding steroid dienone is 1. The predicted molar refractivity (Wildman–Crippen MR) is 107 cm³/mol. The van der Waals surface area contributed by atoms with E-state index >= 15 is 0 Å². The van der Waals surface area contributed by atoms with E-state index < -0.39 is 0 Å². The Bertz CT molecular complexity index is 883. The molecule has 2 N–H and O–H groups in total. The molecule has 3 nitrogen and oxygen atoms in total. The molecule has 1 aliphatic heterocycles. The largest absolute Gasteiger partial charge is 0.327 e. The van der Waals surface area contributed by atoms with Crippen molar-refractivity contribution in [2.45, 2.75) is 18.9 Å². The maximum Gasteiger partial charge on any atom is 0.319 e. The van der Waals surface area contributed by atoms with Gasteiger partial charge in [0, 0.05) is 14.6 Å². The van der Waals surface area contributed by atoms with E-state index in [4.69, 9.17) is 0 Å². The minimum Gasteiger partial charge on any atom is -0.327 e. The first-order valence-electron chi connectivity index (χ1n) is 8.13. The van der Waals surface area contributed by atoms with Gasteiger partial charge in [-0.3, -0.25) is 0 Å². The maximum atomic E-state index is 12.2. The van der Waals surface area contributed by atoms with Crippen molar-refractivity contribution in [3.63, 3.8) is 0 Å². The highest BCUT2D eigenvalue weighted by molar-refractivity contribution is 9.10. The molecule has 1 unspecified atom stereocenters. The van der Waals surface area contributed by atoms with Crippen molar-refractivity contribution >= 4 is 44.0 Å². The molecule has 0 saturated carbocycles. The number of hydrogen-bond donors (Lipinski definition) is 2. The van der Waals surface area contributed by atoms with Crippen LogP contribution in [0.25, 0.3) is 6.08 Å². The van der Waals surface area contributed by atoms with Gasteiger partial charge in [-0.2, -0.15) is 0 Å². The number of carbonyl (C=O) groups excluding carboxylic acids is 1. The lowest BCUT2D eigenvalue weighted by Gasteiger charge is -2.27. The number of amides is 2. The summed E-state index contributed by atoms with van der Waals surface area (Å²) >= 11 is 6.93. The van der Waals surface area contributed by atoms with Gasteiger partial charge in [-0.1, -0.05) is 56.1 Å². The van der Waals surface area contributed by atoms with Crippen molar-refractivity contribution in [3.05, 3.63) is 85.4 Å². The fourth-order valence-corrected chi connectivity index (χ4v) is 3.92. The van der Waals surface area contributed by atoms with Gasteiger partial charge in [-0.25, -0.2) is 4.79 Å². The van der Waals surface area contributed by atoms with E-state index in [0.29, 0.717) is 0 Å². The monoisotopic (exact) mass is 458 g/mol. The zero-order chi connectivity index (χ0) is 17.4. The standard InChI is InChI=1S/C20H16Br2N2O/c21-15-6-1-12(2-7-15)11-14-5-10-17-18(23-20(25)24-19(14)17)13-3-8-16(22)9-4-13/h1-4,6-9,11,18H,5,10H2,(H2,23,24,25)/b14-11+. The molecular weight excluding hydrogens is 444 g/mol. The van der Waals surface area contributed by atoms with Crippen LogP contribution >= 0.6 is 31.9 Å². The summed E-state index contributed by atoms with van der Waals surface area (Å²) in [5, 5.41) is 6.07. The summed E-state index contributed by atoms with van der Waals surface area (Å²) in [6, 6.07) is 16.1. The third-order valence-corrected chi connectivity index (χ3v) is 5.64. The molecule has 0 bridgehead atoms. The molecule has 5 heteroatoms. The first kappa shape index (κ1) is 16.6. The highest BCUT2D eigenvalue weighted by atomic mass is 79.9. The zero-order valence-corrected chi connectivity index (χ0v) is 16.5. The number of halogens is 2. The van der Waals surface area contributed by atoms with Crippen LogP contribution in [-0.4, -0.2) is 6.03 Å². The highest BCUT2D eigenvalue weighted by Gasteiger charge is 2.33. The Balaban J connectivity index is 1.71. The summed E-state index contributed by atoms with van der Waals surface area (Å²) in [7, 11) is 0. The lowest BCUT2D eigenvalue weighted by molar-refractivity contribution is 0.239. The second-order valence-electron chi connectivity index (χ2n) is 6.20. The van der Waals surface area contributed by atoms with E-state index in [2.05, 4.69) is 72.8 Å². The fraction of sp³-hybridized carbons (Fsp3) is 0.150. The molecule has 0 fully saturated rings. The van der Waals surface area contributed by atoms with Crippen molar-refractivity contribution in [1.82, 2.24) is 10.6 Å². The molecule has 1 atom stereocenters. The summed E-state index contributed by atoms with van der Waals surface area (Å²) in [4.78, 5) is 12.2. The number of benzene rings is 2. The normalized spacial score (nSPS) is 21.1. The van der Waals surface area contributed by atoms with Gasteiger partial charge in [0.25, 0.3) is 0 Å². The Morgan fingerprint density at radius 1 is 0.920 bits per heavy atom. The number of rotatable bonds is 2.